The van der Waals surface area contributed by atoms with Gasteiger partial charge in [-0.25, -0.2) is 8.78 Å². The molecular weight excluding hydrogens is 240 g/mol. The molecule has 2 unspecified atom stereocenters. The number of nitrogens with zero attached hydrogens (tertiary/aromatic N) is 1. The van der Waals surface area contributed by atoms with E-state index in [1.54, 1.807) is 0 Å². The summed E-state index contributed by atoms with van der Waals surface area (Å²) in [6, 6.07) is 3.81. The predicted octanol–water partition coefficient (Wildman–Crippen LogP) is 2.47. The van der Waals surface area contributed by atoms with Gasteiger partial charge < -0.3 is 4.90 Å². The van der Waals surface area contributed by atoms with Crippen molar-refractivity contribution in [3.8, 4) is 0 Å². The molecule has 2 fully saturated rings. The Balaban J connectivity index is 1.88. The Bertz CT molecular complexity index is 451. The van der Waals surface area contributed by atoms with Gasteiger partial charge in [0.2, 0.25) is 0 Å². The van der Waals surface area contributed by atoms with Crippen molar-refractivity contribution in [2.24, 2.45) is 5.92 Å². The molecule has 1 saturated carbocycles. The lowest BCUT2D eigenvalue weighted by Crippen LogP contribution is -2.28. The molecule has 0 aromatic heterocycles. The first-order valence-corrected chi connectivity index (χ1v) is 6.58. The molecule has 0 radical (unpaired) electrons. The van der Waals surface area contributed by atoms with Crippen molar-refractivity contribution in [3.05, 3.63) is 35.4 Å². The second-order valence-corrected chi connectivity index (χ2v) is 5.59. The number of benzene rings is 1. The zero-order valence-corrected chi connectivity index (χ0v) is 10.4. The maximum absolute atomic E-state index is 13.8. The van der Waals surface area contributed by atoms with Gasteiger partial charge in [0.15, 0.2) is 0 Å². The van der Waals surface area contributed by atoms with Crippen LogP contribution in [0.5, 0.6) is 0 Å². The number of fused-ring (bicyclic) bond motifs is 1. The number of thiol groups is 1. The third-order valence-corrected chi connectivity index (χ3v) is 4.30. The highest BCUT2D eigenvalue weighted by molar-refractivity contribution is 7.80. The van der Waals surface area contributed by atoms with E-state index in [-0.39, 0.29) is 17.0 Å². The summed E-state index contributed by atoms with van der Waals surface area (Å²) in [7, 11) is 0. The lowest BCUT2D eigenvalue weighted by molar-refractivity contribution is 0.315. The molecule has 1 aromatic rings. The van der Waals surface area contributed by atoms with Gasteiger partial charge in [-0.2, -0.15) is 12.6 Å². The fourth-order valence-electron chi connectivity index (χ4n) is 3.19. The molecule has 1 nitrogen and oxygen atoms in total. The van der Waals surface area contributed by atoms with E-state index in [1.165, 1.54) is 18.2 Å². The van der Waals surface area contributed by atoms with Crippen LogP contribution in [0.3, 0.4) is 0 Å². The maximum Gasteiger partial charge on any atom is 0.127 e. The van der Waals surface area contributed by atoms with Gasteiger partial charge in [0, 0.05) is 30.8 Å². The van der Waals surface area contributed by atoms with Crippen molar-refractivity contribution in [1.82, 2.24) is 4.90 Å². The van der Waals surface area contributed by atoms with E-state index < -0.39 is 0 Å². The molecular formula is C13H15F2NS. The van der Waals surface area contributed by atoms with Crippen molar-refractivity contribution in [3.63, 3.8) is 0 Å². The lowest BCUT2D eigenvalue weighted by Gasteiger charge is -2.20. The summed E-state index contributed by atoms with van der Waals surface area (Å²) in [5, 5.41) is 0. The number of rotatable bonds is 3. The van der Waals surface area contributed by atoms with Crippen LogP contribution in [0.15, 0.2) is 18.2 Å². The Kier molecular flexibility index (Phi) is 2.67. The van der Waals surface area contributed by atoms with E-state index in [2.05, 4.69) is 17.5 Å². The van der Waals surface area contributed by atoms with Crippen LogP contribution in [0.1, 0.15) is 12.0 Å². The first kappa shape index (κ1) is 11.5. The van der Waals surface area contributed by atoms with Gasteiger partial charge in [-0.3, -0.25) is 0 Å². The molecule has 2 atom stereocenters. The second kappa shape index (κ2) is 3.95. The SMILES string of the molecule is Fc1ccc(F)c(C23CC2CN(CCS)C3)c1. The van der Waals surface area contributed by atoms with E-state index in [9.17, 15) is 8.78 Å². The van der Waals surface area contributed by atoms with E-state index >= 15 is 0 Å². The molecule has 3 rings (SSSR count). The molecule has 92 valence electrons. The topological polar surface area (TPSA) is 3.24 Å². The van der Waals surface area contributed by atoms with Gasteiger partial charge >= 0.3 is 0 Å². The van der Waals surface area contributed by atoms with Gasteiger partial charge in [-0.05, 0) is 36.1 Å². The van der Waals surface area contributed by atoms with Crippen molar-refractivity contribution in [2.45, 2.75) is 11.8 Å². The lowest BCUT2D eigenvalue weighted by atomic mass is 9.94. The van der Waals surface area contributed by atoms with Crippen LogP contribution >= 0.6 is 12.6 Å². The highest BCUT2D eigenvalue weighted by Crippen LogP contribution is 2.59. The van der Waals surface area contributed by atoms with Crippen LogP contribution in [0, 0.1) is 17.6 Å². The highest BCUT2D eigenvalue weighted by Gasteiger charge is 2.61. The summed E-state index contributed by atoms with van der Waals surface area (Å²) in [5.41, 5.74) is 0.457. The summed E-state index contributed by atoms with van der Waals surface area (Å²) >= 11 is 4.22. The largest absolute Gasteiger partial charge is 0.301 e. The predicted molar refractivity (Wildman–Crippen MR) is 66.4 cm³/mol. The van der Waals surface area contributed by atoms with Crippen molar-refractivity contribution in [2.75, 3.05) is 25.4 Å². The smallest absolute Gasteiger partial charge is 0.127 e. The van der Waals surface area contributed by atoms with Gasteiger partial charge in [0.1, 0.15) is 11.6 Å². The monoisotopic (exact) mass is 255 g/mol. The second-order valence-electron chi connectivity index (χ2n) is 5.14. The first-order valence-electron chi connectivity index (χ1n) is 5.94. The van der Waals surface area contributed by atoms with Crippen LogP contribution in [-0.2, 0) is 5.41 Å². The number of hydrogen-bond donors (Lipinski definition) is 1. The fourth-order valence-corrected chi connectivity index (χ4v) is 3.48. The van der Waals surface area contributed by atoms with E-state index in [4.69, 9.17) is 0 Å². The van der Waals surface area contributed by atoms with Crippen LogP contribution in [0.4, 0.5) is 8.78 Å². The number of likely N-dealkylation sites (tertiary alicyclic amines) is 1. The summed E-state index contributed by atoms with van der Waals surface area (Å²) in [6.45, 7) is 2.77. The Morgan fingerprint density at radius 2 is 2.24 bits per heavy atom. The fraction of sp³-hybridized carbons (Fsp3) is 0.538. The zero-order chi connectivity index (χ0) is 12.0. The van der Waals surface area contributed by atoms with Gasteiger partial charge in [-0.1, -0.05) is 0 Å². The van der Waals surface area contributed by atoms with Gasteiger partial charge in [-0.15, -0.1) is 0 Å². The summed E-state index contributed by atoms with van der Waals surface area (Å²) < 4.78 is 27.0. The van der Waals surface area contributed by atoms with E-state index in [1.807, 2.05) is 0 Å². The minimum absolute atomic E-state index is 0.116. The van der Waals surface area contributed by atoms with Gasteiger partial charge in [0.05, 0.1) is 0 Å². The van der Waals surface area contributed by atoms with Gasteiger partial charge in [0.25, 0.3) is 0 Å². The number of piperidine rings is 1. The minimum Gasteiger partial charge on any atom is -0.301 e. The van der Waals surface area contributed by atoms with Crippen molar-refractivity contribution < 1.29 is 8.78 Å². The Morgan fingerprint density at radius 3 is 3.00 bits per heavy atom. The third kappa shape index (κ3) is 1.78. The first-order chi connectivity index (χ1) is 8.15. The number of halogens is 2. The van der Waals surface area contributed by atoms with Crippen LogP contribution in [0.2, 0.25) is 0 Å². The molecule has 1 heterocycles. The average Bonchev–Trinajstić information content (AvgIpc) is 2.86. The maximum atomic E-state index is 13.8. The number of hydrogen-bond acceptors (Lipinski definition) is 2. The Morgan fingerprint density at radius 1 is 1.41 bits per heavy atom. The van der Waals surface area contributed by atoms with E-state index in [0.717, 1.165) is 31.8 Å². The summed E-state index contributed by atoms with van der Waals surface area (Å²) in [5.74, 6) is 0.711. The standard InChI is InChI=1S/C13H15F2NS/c14-10-1-2-12(15)11(5-10)13-6-9(13)7-16(8-13)3-4-17/h1-2,5,9,17H,3-4,6-8H2. The minimum atomic E-state index is -0.339. The van der Waals surface area contributed by atoms with Crippen LogP contribution < -0.4 is 0 Å². The van der Waals surface area contributed by atoms with Crippen LogP contribution in [0.25, 0.3) is 0 Å². The third-order valence-electron chi connectivity index (χ3n) is 4.10. The summed E-state index contributed by atoms with van der Waals surface area (Å²) in [4.78, 5) is 2.30. The molecule has 0 N–H and O–H groups in total. The van der Waals surface area contributed by atoms with Crippen molar-refractivity contribution in [1.29, 1.82) is 0 Å². The van der Waals surface area contributed by atoms with E-state index in [0.29, 0.717) is 11.5 Å². The molecule has 2 aliphatic rings. The average molecular weight is 255 g/mol. The molecule has 1 aliphatic heterocycles. The highest BCUT2D eigenvalue weighted by atomic mass is 32.1. The van der Waals surface area contributed by atoms with Crippen molar-refractivity contribution >= 4 is 12.6 Å². The molecule has 1 aromatic carbocycles. The molecule has 1 aliphatic carbocycles. The molecule has 17 heavy (non-hydrogen) atoms. The molecule has 0 spiro atoms. The summed E-state index contributed by atoms with van der Waals surface area (Å²) in [6.07, 6.45) is 0.996. The molecule has 4 heteroatoms. The Hall–Kier alpha value is -0.610. The Labute approximate surface area is 105 Å². The molecule has 0 amide bonds. The quantitative estimate of drug-likeness (QED) is 0.812. The molecule has 1 saturated heterocycles. The molecule has 0 bridgehead atoms. The van der Waals surface area contributed by atoms with Crippen LogP contribution in [-0.4, -0.2) is 30.3 Å². The zero-order valence-electron chi connectivity index (χ0n) is 9.50. The normalized spacial score (nSPS) is 31.6.